The topological polar surface area (TPSA) is 40.2 Å². The summed E-state index contributed by atoms with van der Waals surface area (Å²) in [6, 6.07) is 10.2. The van der Waals surface area contributed by atoms with Crippen molar-refractivity contribution in [3.8, 4) is 0 Å². The first-order chi connectivity index (χ1) is 9.28. The average Bonchev–Trinajstić information content (AvgIpc) is 3.00. The molecule has 0 aliphatic rings. The van der Waals surface area contributed by atoms with Crippen molar-refractivity contribution in [1.82, 2.24) is 9.72 Å². The van der Waals surface area contributed by atoms with Crippen molar-refractivity contribution in [2.24, 2.45) is 0 Å². The third-order valence-electron chi connectivity index (χ3n) is 2.99. The highest BCUT2D eigenvalue weighted by Crippen LogP contribution is 2.25. The molecule has 2 aromatic heterocycles. The van der Waals surface area contributed by atoms with Crippen molar-refractivity contribution < 1.29 is 9.26 Å². The van der Waals surface area contributed by atoms with Gasteiger partial charge in [-0.05, 0) is 18.2 Å². The standard InChI is InChI=1S/C14H13BrN2O2/c1-18-9-11-7-10(16-19-11)8-17-6-5-12-13(15)3-2-4-14(12)17/h2-7H,8-9H2,1H3. The summed E-state index contributed by atoms with van der Waals surface area (Å²) >= 11 is 3.56. The number of fused-ring (bicyclic) bond motifs is 1. The van der Waals surface area contributed by atoms with Crippen LogP contribution in [-0.4, -0.2) is 16.8 Å². The van der Waals surface area contributed by atoms with Crippen LogP contribution in [0, 0.1) is 0 Å². The maximum atomic E-state index is 5.19. The van der Waals surface area contributed by atoms with Gasteiger partial charge in [-0.25, -0.2) is 0 Å². The van der Waals surface area contributed by atoms with Crippen LogP contribution in [0.3, 0.4) is 0 Å². The summed E-state index contributed by atoms with van der Waals surface area (Å²) < 4.78 is 13.5. The van der Waals surface area contributed by atoms with Crippen LogP contribution in [0.2, 0.25) is 0 Å². The Morgan fingerprint density at radius 1 is 1.37 bits per heavy atom. The first-order valence-corrected chi connectivity index (χ1v) is 6.74. The molecule has 5 heteroatoms. The number of halogens is 1. The molecule has 0 unspecified atom stereocenters. The van der Waals surface area contributed by atoms with Gasteiger partial charge in [0.2, 0.25) is 0 Å². The van der Waals surface area contributed by atoms with E-state index in [1.807, 2.05) is 18.2 Å². The van der Waals surface area contributed by atoms with Gasteiger partial charge in [0.25, 0.3) is 0 Å². The first-order valence-electron chi connectivity index (χ1n) is 5.94. The van der Waals surface area contributed by atoms with Crippen LogP contribution in [0.25, 0.3) is 10.9 Å². The van der Waals surface area contributed by atoms with Crippen LogP contribution < -0.4 is 0 Å². The van der Waals surface area contributed by atoms with Gasteiger partial charge in [0, 0.05) is 34.7 Å². The fourth-order valence-electron chi connectivity index (χ4n) is 2.14. The fourth-order valence-corrected chi connectivity index (χ4v) is 2.63. The van der Waals surface area contributed by atoms with Crippen molar-refractivity contribution >= 4 is 26.8 Å². The summed E-state index contributed by atoms with van der Waals surface area (Å²) in [6.07, 6.45) is 2.06. The van der Waals surface area contributed by atoms with Crippen molar-refractivity contribution in [2.45, 2.75) is 13.2 Å². The van der Waals surface area contributed by atoms with Crippen molar-refractivity contribution in [3.63, 3.8) is 0 Å². The number of aromatic nitrogens is 2. The zero-order valence-corrected chi connectivity index (χ0v) is 12.1. The van der Waals surface area contributed by atoms with Gasteiger partial charge >= 0.3 is 0 Å². The number of ether oxygens (including phenoxy) is 1. The summed E-state index contributed by atoms with van der Waals surface area (Å²) in [5.74, 6) is 0.746. The smallest absolute Gasteiger partial charge is 0.162 e. The van der Waals surface area contributed by atoms with Crippen LogP contribution in [0.15, 0.2) is 45.5 Å². The molecule has 2 heterocycles. The molecule has 0 radical (unpaired) electrons. The van der Waals surface area contributed by atoms with E-state index in [1.165, 1.54) is 10.9 Å². The van der Waals surface area contributed by atoms with E-state index < -0.39 is 0 Å². The minimum Gasteiger partial charge on any atom is -0.377 e. The Morgan fingerprint density at radius 2 is 2.26 bits per heavy atom. The quantitative estimate of drug-likeness (QED) is 0.737. The Balaban J connectivity index is 1.90. The van der Waals surface area contributed by atoms with E-state index in [0.29, 0.717) is 13.2 Å². The number of hydrogen-bond donors (Lipinski definition) is 0. The average molecular weight is 321 g/mol. The van der Waals surface area contributed by atoms with Crippen LogP contribution >= 0.6 is 15.9 Å². The van der Waals surface area contributed by atoms with E-state index in [0.717, 1.165) is 15.9 Å². The van der Waals surface area contributed by atoms with E-state index in [1.54, 1.807) is 7.11 Å². The van der Waals surface area contributed by atoms with Gasteiger partial charge < -0.3 is 13.8 Å². The lowest BCUT2D eigenvalue weighted by Gasteiger charge is -2.02. The molecule has 0 amide bonds. The molecular formula is C14H13BrN2O2. The van der Waals surface area contributed by atoms with E-state index in [9.17, 15) is 0 Å². The summed E-state index contributed by atoms with van der Waals surface area (Å²) in [4.78, 5) is 0. The Morgan fingerprint density at radius 3 is 3.11 bits per heavy atom. The van der Waals surface area contributed by atoms with E-state index in [4.69, 9.17) is 9.26 Å². The predicted octanol–water partition coefficient (Wildman–Crippen LogP) is 3.59. The molecule has 0 bridgehead atoms. The normalized spacial score (nSPS) is 11.3. The SMILES string of the molecule is COCc1cc(Cn2ccc3c(Br)cccc32)no1. The minimum atomic E-state index is 0.449. The third kappa shape index (κ3) is 2.43. The van der Waals surface area contributed by atoms with Crippen LogP contribution in [0.1, 0.15) is 11.5 Å². The van der Waals surface area contributed by atoms with Crippen molar-refractivity contribution in [3.05, 3.63) is 52.5 Å². The molecular weight excluding hydrogens is 308 g/mol. The molecule has 0 N–H and O–H groups in total. The Labute approximate surface area is 119 Å². The molecule has 3 rings (SSSR count). The van der Waals surface area contributed by atoms with Crippen LogP contribution in [-0.2, 0) is 17.9 Å². The number of nitrogens with zero attached hydrogens (tertiary/aromatic N) is 2. The Bertz CT molecular complexity index is 702. The number of benzene rings is 1. The largest absolute Gasteiger partial charge is 0.377 e. The molecule has 19 heavy (non-hydrogen) atoms. The molecule has 4 nitrogen and oxygen atoms in total. The molecule has 1 aromatic carbocycles. The zero-order valence-electron chi connectivity index (χ0n) is 10.5. The van der Waals surface area contributed by atoms with E-state index in [2.05, 4.69) is 44.0 Å². The molecule has 0 aliphatic carbocycles. The summed E-state index contributed by atoms with van der Waals surface area (Å²) in [6.45, 7) is 1.14. The van der Waals surface area contributed by atoms with Gasteiger partial charge in [0.1, 0.15) is 12.3 Å². The number of rotatable bonds is 4. The second kappa shape index (κ2) is 5.19. The highest BCUT2D eigenvalue weighted by atomic mass is 79.9. The molecule has 0 saturated heterocycles. The molecule has 3 aromatic rings. The van der Waals surface area contributed by atoms with Crippen LogP contribution in [0.4, 0.5) is 0 Å². The molecule has 0 saturated carbocycles. The monoisotopic (exact) mass is 320 g/mol. The molecule has 0 spiro atoms. The van der Waals surface area contributed by atoms with Crippen molar-refractivity contribution in [2.75, 3.05) is 7.11 Å². The number of methoxy groups -OCH3 is 1. The lowest BCUT2D eigenvalue weighted by atomic mass is 10.2. The van der Waals surface area contributed by atoms with Gasteiger partial charge in [-0.3, -0.25) is 0 Å². The Kier molecular flexibility index (Phi) is 3.40. The van der Waals surface area contributed by atoms with Gasteiger partial charge in [-0.2, -0.15) is 0 Å². The maximum Gasteiger partial charge on any atom is 0.162 e. The lowest BCUT2D eigenvalue weighted by Crippen LogP contribution is -1.97. The third-order valence-corrected chi connectivity index (χ3v) is 3.68. The minimum absolute atomic E-state index is 0.449. The van der Waals surface area contributed by atoms with E-state index in [-0.39, 0.29) is 0 Å². The van der Waals surface area contributed by atoms with Gasteiger partial charge in [0.05, 0.1) is 6.54 Å². The highest BCUT2D eigenvalue weighted by molar-refractivity contribution is 9.10. The van der Waals surface area contributed by atoms with Gasteiger partial charge in [-0.1, -0.05) is 27.2 Å². The second-order valence-corrected chi connectivity index (χ2v) is 5.19. The number of hydrogen-bond acceptors (Lipinski definition) is 3. The van der Waals surface area contributed by atoms with E-state index >= 15 is 0 Å². The van der Waals surface area contributed by atoms with Gasteiger partial charge in [0.15, 0.2) is 5.76 Å². The molecule has 0 aliphatic heterocycles. The predicted molar refractivity (Wildman–Crippen MR) is 76.0 cm³/mol. The Hall–Kier alpha value is -1.59. The molecule has 0 fully saturated rings. The molecule has 98 valence electrons. The van der Waals surface area contributed by atoms with Gasteiger partial charge in [-0.15, -0.1) is 0 Å². The van der Waals surface area contributed by atoms with Crippen molar-refractivity contribution in [1.29, 1.82) is 0 Å². The maximum absolute atomic E-state index is 5.19. The summed E-state index contributed by atoms with van der Waals surface area (Å²) in [5, 5.41) is 5.25. The van der Waals surface area contributed by atoms with Crippen LogP contribution in [0.5, 0.6) is 0 Å². The lowest BCUT2D eigenvalue weighted by molar-refractivity contribution is 0.155. The molecule has 0 atom stereocenters. The summed E-state index contributed by atoms with van der Waals surface area (Å²) in [7, 11) is 1.64. The highest BCUT2D eigenvalue weighted by Gasteiger charge is 2.08. The first kappa shape index (κ1) is 12.4. The summed E-state index contributed by atoms with van der Waals surface area (Å²) in [5.41, 5.74) is 2.06. The fraction of sp³-hybridized carbons (Fsp3) is 0.214. The second-order valence-electron chi connectivity index (χ2n) is 4.33. The zero-order chi connectivity index (χ0) is 13.2.